The van der Waals surface area contributed by atoms with E-state index in [9.17, 15) is 0 Å². The molecule has 0 aromatic heterocycles. The van der Waals surface area contributed by atoms with E-state index in [0.29, 0.717) is 12.7 Å². The highest BCUT2D eigenvalue weighted by Crippen LogP contribution is 2.15. The Morgan fingerprint density at radius 1 is 1.17 bits per heavy atom. The Morgan fingerprint density at radius 2 is 1.89 bits per heavy atom. The van der Waals surface area contributed by atoms with Crippen LogP contribution in [0.25, 0.3) is 0 Å². The molecule has 0 radical (unpaired) electrons. The van der Waals surface area contributed by atoms with Crippen LogP contribution >= 0.6 is 0 Å². The Morgan fingerprint density at radius 3 is 2.50 bits per heavy atom. The summed E-state index contributed by atoms with van der Waals surface area (Å²) >= 11 is 0. The van der Waals surface area contributed by atoms with E-state index >= 15 is 0 Å². The smallest absolute Gasteiger partial charge is 0.0720 e. The van der Waals surface area contributed by atoms with Gasteiger partial charge >= 0.3 is 0 Å². The van der Waals surface area contributed by atoms with Gasteiger partial charge in [-0.1, -0.05) is 63.1 Å². The zero-order valence-electron chi connectivity index (χ0n) is 11.8. The lowest BCUT2D eigenvalue weighted by Crippen LogP contribution is -2.12. The number of hydrogen-bond donors (Lipinski definition) is 0. The number of benzene rings is 1. The van der Waals surface area contributed by atoms with Crippen LogP contribution in [0, 0.1) is 5.92 Å². The highest BCUT2D eigenvalue weighted by atomic mass is 16.5. The first-order valence-corrected chi connectivity index (χ1v) is 6.98. The minimum Gasteiger partial charge on any atom is -0.373 e. The lowest BCUT2D eigenvalue weighted by atomic mass is 10.0. The number of rotatable bonds is 9. The molecule has 100 valence electrons. The first kappa shape index (κ1) is 15.0. The Balaban J connectivity index is 2.31. The van der Waals surface area contributed by atoms with E-state index in [1.807, 2.05) is 12.1 Å². The van der Waals surface area contributed by atoms with Crippen molar-refractivity contribution in [3.63, 3.8) is 0 Å². The third-order valence-corrected chi connectivity index (χ3v) is 3.07. The molecule has 1 aromatic rings. The zero-order chi connectivity index (χ0) is 13.2. The topological polar surface area (TPSA) is 9.23 Å². The van der Waals surface area contributed by atoms with Crippen LogP contribution in [0.15, 0.2) is 43.0 Å². The van der Waals surface area contributed by atoms with Gasteiger partial charge in [0.2, 0.25) is 0 Å². The molecule has 0 fully saturated rings. The van der Waals surface area contributed by atoms with E-state index in [2.05, 4.69) is 44.7 Å². The summed E-state index contributed by atoms with van der Waals surface area (Å²) in [7, 11) is 0. The summed E-state index contributed by atoms with van der Waals surface area (Å²) in [6.45, 7) is 9.07. The monoisotopic (exact) mass is 246 g/mol. The van der Waals surface area contributed by atoms with Gasteiger partial charge in [0.15, 0.2) is 0 Å². The second-order valence-corrected chi connectivity index (χ2v) is 5.27. The molecule has 1 atom stereocenters. The minimum atomic E-state index is 0.321. The van der Waals surface area contributed by atoms with Crippen LogP contribution in [-0.4, -0.2) is 6.10 Å². The SMILES string of the molecule is C=CC[C@@H](CCCC(C)C)OCc1ccccc1. The second-order valence-electron chi connectivity index (χ2n) is 5.27. The quantitative estimate of drug-likeness (QED) is 0.559. The Bertz CT molecular complexity index is 316. The van der Waals surface area contributed by atoms with Crippen molar-refractivity contribution in [3.05, 3.63) is 48.6 Å². The van der Waals surface area contributed by atoms with Crippen molar-refractivity contribution in [1.82, 2.24) is 0 Å². The summed E-state index contributed by atoms with van der Waals surface area (Å²) in [6, 6.07) is 10.4. The van der Waals surface area contributed by atoms with Gasteiger partial charge < -0.3 is 4.74 Å². The number of hydrogen-bond acceptors (Lipinski definition) is 1. The van der Waals surface area contributed by atoms with Crippen molar-refractivity contribution in [1.29, 1.82) is 0 Å². The molecular weight excluding hydrogens is 220 g/mol. The van der Waals surface area contributed by atoms with Crippen LogP contribution in [0.5, 0.6) is 0 Å². The zero-order valence-corrected chi connectivity index (χ0v) is 11.8. The predicted molar refractivity (Wildman–Crippen MR) is 78.5 cm³/mol. The summed E-state index contributed by atoms with van der Waals surface area (Å²) in [5.74, 6) is 0.781. The molecule has 0 saturated heterocycles. The largest absolute Gasteiger partial charge is 0.373 e. The van der Waals surface area contributed by atoms with Crippen molar-refractivity contribution in [3.8, 4) is 0 Å². The Kier molecular flexibility index (Phi) is 7.43. The standard InChI is InChI=1S/C17H26O/c1-4-9-17(13-8-10-15(2)3)18-14-16-11-6-5-7-12-16/h4-7,11-12,15,17H,1,8-10,13-14H2,2-3H3/t17-/m0/s1. The molecule has 0 spiro atoms. The average Bonchev–Trinajstić information content (AvgIpc) is 2.37. The summed E-state index contributed by atoms with van der Waals surface area (Å²) < 4.78 is 5.98. The molecule has 1 nitrogen and oxygen atoms in total. The number of ether oxygens (including phenoxy) is 1. The van der Waals surface area contributed by atoms with E-state index in [1.165, 1.54) is 18.4 Å². The maximum atomic E-state index is 5.98. The van der Waals surface area contributed by atoms with Gasteiger partial charge in [-0.2, -0.15) is 0 Å². The molecule has 0 bridgehead atoms. The summed E-state index contributed by atoms with van der Waals surface area (Å²) in [5.41, 5.74) is 1.25. The van der Waals surface area contributed by atoms with E-state index in [0.717, 1.165) is 18.8 Å². The predicted octanol–water partition coefficient (Wildman–Crippen LogP) is 4.97. The van der Waals surface area contributed by atoms with Gasteiger partial charge in [-0.15, -0.1) is 6.58 Å². The summed E-state index contributed by atoms with van der Waals surface area (Å²) in [4.78, 5) is 0. The van der Waals surface area contributed by atoms with Gasteiger partial charge in [-0.05, 0) is 24.3 Å². The highest BCUT2D eigenvalue weighted by molar-refractivity contribution is 5.13. The van der Waals surface area contributed by atoms with Crippen LogP contribution < -0.4 is 0 Å². The molecule has 0 aliphatic rings. The van der Waals surface area contributed by atoms with Gasteiger partial charge in [0, 0.05) is 0 Å². The molecule has 0 saturated carbocycles. The van der Waals surface area contributed by atoms with Gasteiger partial charge in [0.1, 0.15) is 0 Å². The molecule has 0 heterocycles. The molecule has 0 aliphatic heterocycles. The maximum absolute atomic E-state index is 5.98. The maximum Gasteiger partial charge on any atom is 0.0720 e. The van der Waals surface area contributed by atoms with Crippen molar-refractivity contribution >= 4 is 0 Å². The third-order valence-electron chi connectivity index (χ3n) is 3.07. The molecule has 0 amide bonds. The molecule has 0 unspecified atom stereocenters. The molecule has 0 N–H and O–H groups in total. The van der Waals surface area contributed by atoms with Gasteiger partial charge in [-0.3, -0.25) is 0 Å². The van der Waals surface area contributed by atoms with Crippen LogP contribution in [-0.2, 0) is 11.3 Å². The molecular formula is C17H26O. The van der Waals surface area contributed by atoms with Crippen LogP contribution in [0.4, 0.5) is 0 Å². The second kappa shape index (κ2) is 8.93. The van der Waals surface area contributed by atoms with E-state index in [4.69, 9.17) is 4.74 Å². The Labute approximate surface area is 112 Å². The Hall–Kier alpha value is -1.08. The molecule has 0 aliphatic carbocycles. The fourth-order valence-corrected chi connectivity index (χ4v) is 2.00. The fraction of sp³-hybridized carbons (Fsp3) is 0.529. The van der Waals surface area contributed by atoms with Crippen molar-refractivity contribution in [2.75, 3.05) is 0 Å². The molecule has 1 aromatic carbocycles. The molecule has 1 rings (SSSR count). The third kappa shape index (κ3) is 6.61. The van der Waals surface area contributed by atoms with Gasteiger partial charge in [0.05, 0.1) is 12.7 Å². The van der Waals surface area contributed by atoms with E-state index < -0.39 is 0 Å². The average molecular weight is 246 g/mol. The van der Waals surface area contributed by atoms with Crippen LogP contribution in [0.1, 0.15) is 45.1 Å². The van der Waals surface area contributed by atoms with E-state index in [-0.39, 0.29) is 0 Å². The lowest BCUT2D eigenvalue weighted by molar-refractivity contribution is 0.0349. The van der Waals surface area contributed by atoms with E-state index in [1.54, 1.807) is 0 Å². The van der Waals surface area contributed by atoms with Gasteiger partial charge in [0.25, 0.3) is 0 Å². The first-order valence-electron chi connectivity index (χ1n) is 6.98. The lowest BCUT2D eigenvalue weighted by Gasteiger charge is -2.17. The van der Waals surface area contributed by atoms with Crippen molar-refractivity contribution in [2.45, 2.75) is 52.2 Å². The fourth-order valence-electron chi connectivity index (χ4n) is 2.00. The van der Waals surface area contributed by atoms with Gasteiger partial charge in [-0.25, -0.2) is 0 Å². The minimum absolute atomic E-state index is 0.321. The normalized spacial score (nSPS) is 12.6. The summed E-state index contributed by atoms with van der Waals surface area (Å²) in [6.07, 6.45) is 6.89. The van der Waals surface area contributed by atoms with Crippen LogP contribution in [0.2, 0.25) is 0 Å². The molecule has 18 heavy (non-hydrogen) atoms. The summed E-state index contributed by atoms with van der Waals surface area (Å²) in [5, 5.41) is 0. The van der Waals surface area contributed by atoms with Crippen molar-refractivity contribution < 1.29 is 4.74 Å². The van der Waals surface area contributed by atoms with Crippen LogP contribution in [0.3, 0.4) is 0 Å². The van der Waals surface area contributed by atoms with Crippen molar-refractivity contribution in [2.24, 2.45) is 5.92 Å². The highest BCUT2D eigenvalue weighted by Gasteiger charge is 2.08. The molecule has 1 heteroatoms. The first-order chi connectivity index (χ1) is 8.72.